The van der Waals surface area contributed by atoms with Gasteiger partial charge in [-0.05, 0) is 43.0 Å². The summed E-state index contributed by atoms with van der Waals surface area (Å²) in [5.41, 5.74) is 2.15. The highest BCUT2D eigenvalue weighted by Crippen LogP contribution is 2.34. The molecule has 6 heteroatoms. The number of aromatic nitrogens is 2. The first-order chi connectivity index (χ1) is 12.8. The minimum absolute atomic E-state index is 0.725. The van der Waals surface area contributed by atoms with Crippen LogP contribution in [0.4, 0.5) is 5.95 Å². The Hall–Kier alpha value is -2.02. The third-order valence-corrected chi connectivity index (χ3v) is 5.90. The molecule has 1 aliphatic heterocycles. The second-order valence-electron chi connectivity index (χ2n) is 6.75. The molecular formula is C20H25N5S. The van der Waals surface area contributed by atoms with Gasteiger partial charge in [-0.25, -0.2) is 9.97 Å². The molecule has 0 bridgehead atoms. The van der Waals surface area contributed by atoms with E-state index in [2.05, 4.69) is 57.8 Å². The Morgan fingerprint density at radius 1 is 1.23 bits per heavy atom. The normalized spacial score (nSPS) is 15.4. The predicted octanol–water partition coefficient (Wildman–Crippen LogP) is 3.37. The van der Waals surface area contributed by atoms with Crippen LogP contribution in [0.3, 0.4) is 0 Å². The number of thiophene rings is 1. The molecule has 3 heterocycles. The molecule has 136 valence electrons. The van der Waals surface area contributed by atoms with Crippen LogP contribution in [0.2, 0.25) is 0 Å². The van der Waals surface area contributed by atoms with Crippen LogP contribution in [0, 0.1) is 6.92 Å². The quantitative estimate of drug-likeness (QED) is 0.654. The summed E-state index contributed by atoms with van der Waals surface area (Å²) >= 11 is 1.79. The lowest BCUT2D eigenvalue weighted by molar-refractivity contribution is 0.240. The third-order valence-electron chi connectivity index (χ3n) is 4.77. The van der Waals surface area contributed by atoms with Crippen molar-refractivity contribution in [3.63, 3.8) is 0 Å². The molecule has 1 aliphatic rings. The van der Waals surface area contributed by atoms with Crippen molar-refractivity contribution >= 4 is 27.4 Å². The maximum absolute atomic E-state index is 4.79. The third kappa shape index (κ3) is 4.03. The lowest BCUT2D eigenvalue weighted by Gasteiger charge is -2.27. The number of hydrogen-bond donors (Lipinski definition) is 2. The van der Waals surface area contributed by atoms with E-state index in [0.29, 0.717) is 0 Å². The number of nitrogens with one attached hydrogen (secondary N) is 2. The first-order valence-electron chi connectivity index (χ1n) is 9.29. The second-order valence-corrected chi connectivity index (χ2v) is 7.83. The highest BCUT2D eigenvalue weighted by molar-refractivity contribution is 7.22. The Morgan fingerprint density at radius 2 is 2.08 bits per heavy atom. The van der Waals surface area contributed by atoms with Gasteiger partial charge in [0, 0.05) is 43.6 Å². The van der Waals surface area contributed by atoms with E-state index >= 15 is 0 Å². The van der Waals surface area contributed by atoms with E-state index in [1.807, 2.05) is 6.20 Å². The minimum atomic E-state index is 0.725. The topological polar surface area (TPSA) is 53.1 Å². The number of benzene rings is 1. The molecule has 0 saturated carbocycles. The Labute approximate surface area is 158 Å². The van der Waals surface area contributed by atoms with Crippen LogP contribution in [0.5, 0.6) is 0 Å². The molecule has 0 aliphatic carbocycles. The zero-order chi connectivity index (χ0) is 17.8. The molecule has 0 amide bonds. The van der Waals surface area contributed by atoms with Gasteiger partial charge >= 0.3 is 0 Å². The van der Waals surface area contributed by atoms with E-state index < -0.39 is 0 Å². The van der Waals surface area contributed by atoms with Crippen molar-refractivity contribution < 1.29 is 0 Å². The molecule has 0 spiro atoms. The Morgan fingerprint density at radius 3 is 2.92 bits per heavy atom. The van der Waals surface area contributed by atoms with Crippen LogP contribution in [0.25, 0.3) is 20.7 Å². The van der Waals surface area contributed by atoms with Crippen molar-refractivity contribution in [2.45, 2.75) is 13.3 Å². The van der Waals surface area contributed by atoms with Crippen LogP contribution < -0.4 is 10.6 Å². The number of hydrogen-bond acceptors (Lipinski definition) is 6. The van der Waals surface area contributed by atoms with Gasteiger partial charge in [0.2, 0.25) is 5.95 Å². The van der Waals surface area contributed by atoms with Crippen LogP contribution in [-0.4, -0.2) is 54.1 Å². The van der Waals surface area contributed by atoms with Gasteiger partial charge in [-0.1, -0.05) is 18.2 Å². The van der Waals surface area contributed by atoms with Gasteiger partial charge in [-0.15, -0.1) is 11.3 Å². The number of aryl methyl sites for hydroxylation is 1. The summed E-state index contributed by atoms with van der Waals surface area (Å²) in [5, 5.41) is 8.06. The monoisotopic (exact) mass is 367 g/mol. The average molecular weight is 368 g/mol. The fourth-order valence-electron chi connectivity index (χ4n) is 3.31. The van der Waals surface area contributed by atoms with Crippen LogP contribution >= 0.6 is 11.3 Å². The van der Waals surface area contributed by atoms with Gasteiger partial charge in [0.15, 0.2) is 0 Å². The van der Waals surface area contributed by atoms with Crippen LogP contribution in [-0.2, 0) is 0 Å². The van der Waals surface area contributed by atoms with Gasteiger partial charge in [0.25, 0.3) is 0 Å². The second kappa shape index (κ2) is 8.12. The highest BCUT2D eigenvalue weighted by atomic mass is 32.1. The van der Waals surface area contributed by atoms with Crippen LogP contribution in [0.15, 0.2) is 36.5 Å². The summed E-state index contributed by atoms with van der Waals surface area (Å²) in [5.74, 6) is 0.725. The summed E-state index contributed by atoms with van der Waals surface area (Å²) < 4.78 is 1.30. The van der Waals surface area contributed by atoms with Gasteiger partial charge in [-0.2, -0.15) is 0 Å². The molecule has 5 nitrogen and oxygen atoms in total. The molecule has 1 saturated heterocycles. The standard InChI is InChI=1S/C20H25N5S/c1-15-14-23-20(22-7-4-10-25-11-8-21-9-12-25)24-19(15)18-13-16-5-2-3-6-17(16)26-18/h2-3,5-6,13-14,21H,4,7-12H2,1H3,(H,22,23,24). The molecule has 0 unspecified atom stereocenters. The molecule has 1 fully saturated rings. The molecule has 0 atom stereocenters. The van der Waals surface area contributed by atoms with Crippen molar-refractivity contribution in [3.8, 4) is 10.6 Å². The zero-order valence-electron chi connectivity index (χ0n) is 15.2. The number of rotatable bonds is 6. The van der Waals surface area contributed by atoms with Crippen molar-refractivity contribution in [1.29, 1.82) is 0 Å². The van der Waals surface area contributed by atoms with E-state index in [1.54, 1.807) is 11.3 Å². The molecule has 3 aromatic rings. The molecule has 4 rings (SSSR count). The summed E-state index contributed by atoms with van der Waals surface area (Å²) in [7, 11) is 0. The summed E-state index contributed by atoms with van der Waals surface area (Å²) in [4.78, 5) is 13.0. The number of anilines is 1. The van der Waals surface area contributed by atoms with Gasteiger partial charge < -0.3 is 15.5 Å². The van der Waals surface area contributed by atoms with E-state index in [1.165, 1.54) is 15.0 Å². The van der Waals surface area contributed by atoms with Gasteiger partial charge in [-0.3, -0.25) is 0 Å². The predicted molar refractivity (Wildman–Crippen MR) is 110 cm³/mol. The van der Waals surface area contributed by atoms with Crippen molar-refractivity contribution in [2.24, 2.45) is 0 Å². The SMILES string of the molecule is Cc1cnc(NCCCN2CCNCC2)nc1-c1cc2ccccc2s1. The van der Waals surface area contributed by atoms with E-state index in [4.69, 9.17) is 4.98 Å². The fourth-order valence-corrected chi connectivity index (χ4v) is 4.43. The van der Waals surface area contributed by atoms with Gasteiger partial charge in [0.05, 0.1) is 10.6 Å². The maximum Gasteiger partial charge on any atom is 0.223 e. The van der Waals surface area contributed by atoms with E-state index in [-0.39, 0.29) is 0 Å². The number of nitrogens with zero attached hydrogens (tertiary/aromatic N) is 3. The minimum Gasteiger partial charge on any atom is -0.354 e. The summed E-state index contributed by atoms with van der Waals surface area (Å²) in [6.45, 7) is 8.62. The molecule has 1 aromatic carbocycles. The van der Waals surface area contributed by atoms with E-state index in [0.717, 1.165) is 62.9 Å². The van der Waals surface area contributed by atoms with E-state index in [9.17, 15) is 0 Å². The average Bonchev–Trinajstić information content (AvgIpc) is 3.11. The molecule has 2 aromatic heterocycles. The maximum atomic E-state index is 4.79. The lowest BCUT2D eigenvalue weighted by atomic mass is 10.2. The van der Waals surface area contributed by atoms with Crippen molar-refractivity contribution in [3.05, 3.63) is 42.1 Å². The Bertz CT molecular complexity index is 837. The fraction of sp³-hybridized carbons (Fsp3) is 0.400. The first kappa shape index (κ1) is 17.4. The largest absolute Gasteiger partial charge is 0.354 e. The summed E-state index contributed by atoms with van der Waals surface area (Å²) in [6, 6.07) is 10.7. The molecular weight excluding hydrogens is 342 g/mol. The molecule has 26 heavy (non-hydrogen) atoms. The van der Waals surface area contributed by atoms with Gasteiger partial charge in [0.1, 0.15) is 0 Å². The molecule has 2 N–H and O–H groups in total. The molecule has 0 radical (unpaired) electrons. The smallest absolute Gasteiger partial charge is 0.223 e. The Balaban J connectivity index is 1.41. The zero-order valence-corrected chi connectivity index (χ0v) is 16.0. The highest BCUT2D eigenvalue weighted by Gasteiger charge is 2.11. The summed E-state index contributed by atoms with van der Waals surface area (Å²) in [6.07, 6.45) is 3.03. The van der Waals surface area contributed by atoms with Crippen LogP contribution in [0.1, 0.15) is 12.0 Å². The van der Waals surface area contributed by atoms with Crippen molar-refractivity contribution in [1.82, 2.24) is 20.2 Å². The number of fused-ring (bicyclic) bond motifs is 1. The van der Waals surface area contributed by atoms with Crippen molar-refractivity contribution in [2.75, 3.05) is 44.6 Å². The Kier molecular flexibility index (Phi) is 5.43. The first-order valence-corrected chi connectivity index (χ1v) is 10.1. The number of piperazine rings is 1. The lowest BCUT2D eigenvalue weighted by Crippen LogP contribution is -2.44.